The molecular weight excluding hydrogens is 299 g/mol. The lowest BCUT2D eigenvalue weighted by molar-refractivity contribution is -0.122. The van der Waals surface area contributed by atoms with E-state index in [2.05, 4.69) is 22.7 Å². The smallest absolute Gasteiger partial charge is 0.242 e. The van der Waals surface area contributed by atoms with Crippen LogP contribution in [-0.2, 0) is 11.3 Å². The Morgan fingerprint density at radius 2 is 2.20 bits per heavy atom. The first kappa shape index (κ1) is 19.2. The molecule has 1 amide bonds. The number of nitrogens with zero attached hydrogens (tertiary/aromatic N) is 2. The summed E-state index contributed by atoms with van der Waals surface area (Å²) in [4.78, 5) is 12.0. The number of aromatic nitrogens is 2. The van der Waals surface area contributed by atoms with E-state index in [0.717, 1.165) is 30.8 Å². The first-order valence-corrected chi connectivity index (χ1v) is 6.60. The van der Waals surface area contributed by atoms with Crippen molar-refractivity contribution in [3.05, 3.63) is 17.5 Å². The highest BCUT2D eigenvalue weighted by atomic mass is 35.5. The molecule has 20 heavy (non-hydrogen) atoms. The van der Waals surface area contributed by atoms with Crippen LogP contribution in [0.3, 0.4) is 0 Å². The Bertz CT molecular complexity index is 436. The van der Waals surface area contributed by atoms with E-state index in [9.17, 15) is 4.79 Å². The van der Waals surface area contributed by atoms with Crippen molar-refractivity contribution < 1.29 is 4.79 Å². The molecular formula is C13H24Cl2N4O. The molecule has 2 N–H and O–H groups in total. The Balaban J connectivity index is 0.00000180. The minimum atomic E-state index is 0. The van der Waals surface area contributed by atoms with E-state index in [1.165, 1.54) is 0 Å². The maximum atomic E-state index is 12.0. The van der Waals surface area contributed by atoms with E-state index in [1.54, 1.807) is 4.68 Å². The van der Waals surface area contributed by atoms with Crippen molar-refractivity contribution in [1.29, 1.82) is 0 Å². The van der Waals surface area contributed by atoms with Gasteiger partial charge in [-0.2, -0.15) is 5.10 Å². The minimum Gasteiger partial charge on any atom is -0.350 e. The van der Waals surface area contributed by atoms with Gasteiger partial charge in [0.05, 0.1) is 5.69 Å². The van der Waals surface area contributed by atoms with Gasteiger partial charge >= 0.3 is 0 Å². The van der Waals surface area contributed by atoms with Gasteiger partial charge in [-0.05, 0) is 46.2 Å². The SMILES string of the molecule is Cc1cc(C)n(CC(=O)NC2CCCNC2C)n1.Cl.Cl. The molecule has 2 rings (SSSR count). The number of hydrogen-bond donors (Lipinski definition) is 2. The fourth-order valence-electron chi connectivity index (χ4n) is 2.46. The molecule has 116 valence electrons. The molecule has 2 heterocycles. The van der Waals surface area contributed by atoms with E-state index < -0.39 is 0 Å². The Kier molecular flexibility index (Phi) is 8.16. The Morgan fingerprint density at radius 1 is 1.50 bits per heavy atom. The number of aryl methyl sites for hydroxylation is 2. The van der Waals surface area contributed by atoms with Crippen LogP contribution in [0.15, 0.2) is 6.07 Å². The maximum Gasteiger partial charge on any atom is 0.242 e. The summed E-state index contributed by atoms with van der Waals surface area (Å²) in [5, 5.41) is 10.8. The van der Waals surface area contributed by atoms with E-state index in [0.29, 0.717) is 12.6 Å². The number of hydrogen-bond acceptors (Lipinski definition) is 3. The molecule has 0 radical (unpaired) electrons. The summed E-state index contributed by atoms with van der Waals surface area (Å²) >= 11 is 0. The third-order valence-electron chi connectivity index (χ3n) is 3.50. The molecule has 2 unspecified atom stereocenters. The monoisotopic (exact) mass is 322 g/mol. The summed E-state index contributed by atoms with van der Waals surface area (Å²) in [7, 11) is 0. The molecule has 7 heteroatoms. The van der Waals surface area contributed by atoms with Gasteiger partial charge in [-0.25, -0.2) is 0 Å². The molecule has 0 bridgehead atoms. The number of carbonyl (C=O) groups is 1. The Morgan fingerprint density at radius 3 is 2.75 bits per heavy atom. The number of nitrogens with one attached hydrogen (secondary N) is 2. The molecule has 1 aromatic heterocycles. The summed E-state index contributed by atoms with van der Waals surface area (Å²) in [5.41, 5.74) is 1.98. The molecule has 0 spiro atoms. The van der Waals surface area contributed by atoms with Crippen LogP contribution < -0.4 is 10.6 Å². The molecule has 0 aliphatic carbocycles. The van der Waals surface area contributed by atoms with Crippen molar-refractivity contribution in [2.75, 3.05) is 6.54 Å². The molecule has 1 aromatic rings. The van der Waals surface area contributed by atoms with E-state index in [4.69, 9.17) is 0 Å². The molecule has 1 fully saturated rings. The maximum absolute atomic E-state index is 12.0. The molecule has 1 aliphatic heterocycles. The van der Waals surface area contributed by atoms with Gasteiger partial charge in [-0.3, -0.25) is 9.48 Å². The summed E-state index contributed by atoms with van der Waals surface area (Å²) in [6, 6.07) is 2.57. The van der Waals surface area contributed by atoms with Crippen molar-refractivity contribution in [2.45, 2.75) is 52.2 Å². The quantitative estimate of drug-likeness (QED) is 0.888. The lowest BCUT2D eigenvalue weighted by Crippen LogP contribution is -2.52. The fraction of sp³-hybridized carbons (Fsp3) is 0.692. The zero-order valence-electron chi connectivity index (χ0n) is 12.2. The van der Waals surface area contributed by atoms with Gasteiger partial charge in [-0.1, -0.05) is 0 Å². The zero-order chi connectivity index (χ0) is 13.1. The highest BCUT2D eigenvalue weighted by molar-refractivity contribution is 5.85. The van der Waals surface area contributed by atoms with Crippen LogP contribution in [0.5, 0.6) is 0 Å². The topological polar surface area (TPSA) is 59.0 Å². The second kappa shape index (κ2) is 8.49. The summed E-state index contributed by atoms with van der Waals surface area (Å²) in [5.74, 6) is 0.0433. The van der Waals surface area contributed by atoms with Crippen molar-refractivity contribution in [3.8, 4) is 0 Å². The Hall–Kier alpha value is -0.780. The van der Waals surface area contributed by atoms with Gasteiger partial charge in [0, 0.05) is 17.8 Å². The lowest BCUT2D eigenvalue weighted by atomic mass is 10.00. The third-order valence-corrected chi connectivity index (χ3v) is 3.50. The van der Waals surface area contributed by atoms with Crippen LogP contribution in [0.1, 0.15) is 31.2 Å². The van der Waals surface area contributed by atoms with Gasteiger partial charge in [0.15, 0.2) is 0 Å². The van der Waals surface area contributed by atoms with Gasteiger partial charge in [0.25, 0.3) is 0 Å². The number of rotatable bonds is 3. The van der Waals surface area contributed by atoms with Crippen molar-refractivity contribution in [1.82, 2.24) is 20.4 Å². The summed E-state index contributed by atoms with van der Waals surface area (Å²) in [6.45, 7) is 7.38. The van der Waals surface area contributed by atoms with Crippen molar-refractivity contribution in [2.24, 2.45) is 0 Å². The molecule has 2 atom stereocenters. The van der Waals surface area contributed by atoms with Crippen LogP contribution >= 0.6 is 24.8 Å². The van der Waals surface area contributed by atoms with E-state index in [1.807, 2.05) is 19.9 Å². The number of halogens is 2. The normalized spacial score (nSPS) is 21.6. The van der Waals surface area contributed by atoms with E-state index in [-0.39, 0.29) is 36.8 Å². The summed E-state index contributed by atoms with van der Waals surface area (Å²) in [6.07, 6.45) is 2.17. The largest absolute Gasteiger partial charge is 0.350 e. The molecule has 0 aromatic carbocycles. The zero-order valence-corrected chi connectivity index (χ0v) is 13.8. The predicted octanol–water partition coefficient (Wildman–Crippen LogP) is 1.60. The van der Waals surface area contributed by atoms with Crippen LogP contribution in [0.25, 0.3) is 0 Å². The average Bonchev–Trinajstić information content (AvgIpc) is 2.61. The molecule has 5 nitrogen and oxygen atoms in total. The summed E-state index contributed by atoms with van der Waals surface area (Å²) < 4.78 is 1.76. The van der Waals surface area contributed by atoms with Crippen LogP contribution in [0.2, 0.25) is 0 Å². The second-order valence-corrected chi connectivity index (χ2v) is 5.14. The standard InChI is InChI=1S/C13H22N4O.2ClH/c1-9-7-10(2)17(16-9)8-13(18)15-12-5-4-6-14-11(12)3;;/h7,11-12,14H,4-6,8H2,1-3H3,(H,15,18);2*1H. The van der Waals surface area contributed by atoms with Crippen LogP contribution in [-0.4, -0.2) is 34.3 Å². The minimum absolute atomic E-state index is 0. The number of piperidine rings is 1. The first-order valence-electron chi connectivity index (χ1n) is 6.60. The molecule has 0 saturated carbocycles. The second-order valence-electron chi connectivity index (χ2n) is 5.14. The van der Waals surface area contributed by atoms with Crippen LogP contribution in [0.4, 0.5) is 0 Å². The first-order chi connectivity index (χ1) is 8.56. The van der Waals surface area contributed by atoms with Gasteiger partial charge in [0.2, 0.25) is 5.91 Å². The molecule has 1 aliphatic rings. The lowest BCUT2D eigenvalue weighted by Gasteiger charge is -2.30. The van der Waals surface area contributed by atoms with Crippen LogP contribution in [0, 0.1) is 13.8 Å². The van der Waals surface area contributed by atoms with E-state index >= 15 is 0 Å². The van der Waals surface area contributed by atoms with Crippen molar-refractivity contribution in [3.63, 3.8) is 0 Å². The Labute approximate surface area is 132 Å². The highest BCUT2D eigenvalue weighted by Crippen LogP contribution is 2.08. The molecule has 1 saturated heterocycles. The van der Waals surface area contributed by atoms with Gasteiger partial charge in [-0.15, -0.1) is 24.8 Å². The number of amides is 1. The average molecular weight is 323 g/mol. The third kappa shape index (κ3) is 4.96. The predicted molar refractivity (Wildman–Crippen MR) is 84.8 cm³/mol. The highest BCUT2D eigenvalue weighted by Gasteiger charge is 2.22. The van der Waals surface area contributed by atoms with Crippen molar-refractivity contribution >= 4 is 30.7 Å². The number of carbonyl (C=O) groups excluding carboxylic acids is 1. The fourth-order valence-corrected chi connectivity index (χ4v) is 2.46. The van der Waals surface area contributed by atoms with Gasteiger partial charge < -0.3 is 10.6 Å². The van der Waals surface area contributed by atoms with Gasteiger partial charge in [0.1, 0.15) is 6.54 Å².